The number of likely N-dealkylation sites (tertiary alicyclic amines) is 1. The number of aromatic nitrogens is 2. The van der Waals surface area contributed by atoms with Gasteiger partial charge >= 0.3 is 0 Å². The van der Waals surface area contributed by atoms with Crippen molar-refractivity contribution in [2.24, 2.45) is 0 Å². The fourth-order valence-corrected chi connectivity index (χ4v) is 2.53. The summed E-state index contributed by atoms with van der Waals surface area (Å²) in [6.07, 6.45) is 5.92. The fraction of sp³-hybridized carbons (Fsp3) is 0.500. The third kappa shape index (κ3) is 3.07. The zero-order chi connectivity index (χ0) is 14.5. The molecule has 0 saturated carbocycles. The standard InChI is InChI=1S/C14H20N4O2/c1-3-13(19)17(2)10-14(20)18-9-5-4-6-12(18)11-7-8-15-16-11/h3,7-8,12H,1,4-6,9-10H2,2H3,(H,15,16). The molecular formula is C14H20N4O2. The van der Waals surface area contributed by atoms with Gasteiger partial charge in [-0.2, -0.15) is 5.10 Å². The van der Waals surface area contributed by atoms with Gasteiger partial charge in [-0.15, -0.1) is 0 Å². The molecule has 0 spiro atoms. The number of amides is 2. The maximum Gasteiger partial charge on any atom is 0.246 e. The number of hydrogen-bond donors (Lipinski definition) is 1. The Kier molecular flexibility index (Phi) is 4.55. The Balaban J connectivity index is 2.06. The molecule has 0 bridgehead atoms. The first-order valence-corrected chi connectivity index (χ1v) is 6.79. The van der Waals surface area contributed by atoms with Crippen LogP contribution in [0.3, 0.4) is 0 Å². The van der Waals surface area contributed by atoms with E-state index < -0.39 is 0 Å². The normalized spacial score (nSPS) is 18.6. The van der Waals surface area contributed by atoms with Crippen LogP contribution >= 0.6 is 0 Å². The van der Waals surface area contributed by atoms with Crippen LogP contribution in [0, 0.1) is 0 Å². The summed E-state index contributed by atoms with van der Waals surface area (Å²) >= 11 is 0. The summed E-state index contributed by atoms with van der Waals surface area (Å²) in [5.74, 6) is -0.282. The SMILES string of the molecule is C=CC(=O)N(C)CC(=O)N1CCCCC1c1ccn[nH]1. The van der Waals surface area contributed by atoms with Gasteiger partial charge in [0.15, 0.2) is 0 Å². The number of rotatable bonds is 4. The van der Waals surface area contributed by atoms with E-state index in [0.29, 0.717) is 0 Å². The molecule has 0 radical (unpaired) electrons. The molecule has 108 valence electrons. The van der Waals surface area contributed by atoms with E-state index in [4.69, 9.17) is 0 Å². The van der Waals surface area contributed by atoms with Crippen LogP contribution in [0.4, 0.5) is 0 Å². The topological polar surface area (TPSA) is 69.3 Å². The van der Waals surface area contributed by atoms with Crippen LogP contribution in [-0.2, 0) is 9.59 Å². The molecule has 1 aromatic rings. The number of aromatic amines is 1. The maximum absolute atomic E-state index is 12.4. The van der Waals surface area contributed by atoms with Crippen molar-refractivity contribution < 1.29 is 9.59 Å². The Labute approximate surface area is 118 Å². The van der Waals surface area contributed by atoms with Gasteiger partial charge in [0.05, 0.1) is 18.3 Å². The van der Waals surface area contributed by atoms with Crippen LogP contribution < -0.4 is 0 Å². The largest absolute Gasteiger partial charge is 0.333 e. The Morgan fingerprint density at radius 1 is 1.60 bits per heavy atom. The highest BCUT2D eigenvalue weighted by atomic mass is 16.2. The first-order valence-electron chi connectivity index (χ1n) is 6.79. The molecule has 1 atom stereocenters. The van der Waals surface area contributed by atoms with Gasteiger partial charge in [-0.1, -0.05) is 6.58 Å². The van der Waals surface area contributed by atoms with E-state index >= 15 is 0 Å². The molecule has 2 rings (SSSR count). The van der Waals surface area contributed by atoms with Crippen LogP contribution in [0.15, 0.2) is 24.9 Å². The molecule has 0 aromatic carbocycles. The number of nitrogens with one attached hydrogen (secondary N) is 1. The third-order valence-corrected chi connectivity index (χ3v) is 3.63. The minimum absolute atomic E-state index is 0.0333. The van der Waals surface area contributed by atoms with Crippen molar-refractivity contribution in [3.05, 3.63) is 30.6 Å². The number of carbonyl (C=O) groups is 2. The van der Waals surface area contributed by atoms with E-state index in [1.54, 1.807) is 13.2 Å². The summed E-state index contributed by atoms with van der Waals surface area (Å²) in [7, 11) is 1.61. The Bertz CT molecular complexity index is 483. The second-order valence-corrected chi connectivity index (χ2v) is 5.01. The van der Waals surface area contributed by atoms with Gasteiger partial charge in [-0.25, -0.2) is 0 Å². The van der Waals surface area contributed by atoms with Gasteiger partial charge in [0, 0.05) is 19.8 Å². The lowest BCUT2D eigenvalue weighted by molar-refractivity contribution is -0.140. The molecule has 6 nitrogen and oxygen atoms in total. The average molecular weight is 276 g/mol. The Morgan fingerprint density at radius 2 is 2.40 bits per heavy atom. The lowest BCUT2D eigenvalue weighted by Crippen LogP contribution is -2.44. The molecule has 0 aliphatic carbocycles. The second-order valence-electron chi connectivity index (χ2n) is 5.01. The van der Waals surface area contributed by atoms with Crippen molar-refractivity contribution >= 4 is 11.8 Å². The van der Waals surface area contributed by atoms with E-state index in [9.17, 15) is 9.59 Å². The van der Waals surface area contributed by atoms with Gasteiger partial charge in [-0.3, -0.25) is 14.7 Å². The quantitative estimate of drug-likeness (QED) is 0.837. The van der Waals surface area contributed by atoms with Crippen molar-refractivity contribution in [2.75, 3.05) is 20.1 Å². The number of carbonyl (C=O) groups excluding carboxylic acids is 2. The van der Waals surface area contributed by atoms with Crippen LogP contribution in [0.5, 0.6) is 0 Å². The summed E-state index contributed by atoms with van der Waals surface area (Å²) in [5.41, 5.74) is 0.954. The second kappa shape index (κ2) is 6.36. The highest BCUT2D eigenvalue weighted by Crippen LogP contribution is 2.29. The number of hydrogen-bond acceptors (Lipinski definition) is 3. The molecule has 1 aromatic heterocycles. The predicted molar refractivity (Wildman–Crippen MR) is 74.7 cm³/mol. The lowest BCUT2D eigenvalue weighted by atomic mass is 9.99. The van der Waals surface area contributed by atoms with E-state index in [1.807, 2.05) is 11.0 Å². The summed E-state index contributed by atoms with van der Waals surface area (Å²) in [6, 6.07) is 1.93. The first kappa shape index (κ1) is 14.3. The maximum atomic E-state index is 12.4. The number of likely N-dealkylation sites (N-methyl/N-ethyl adjacent to an activating group) is 1. The zero-order valence-electron chi connectivity index (χ0n) is 11.7. The minimum Gasteiger partial charge on any atom is -0.333 e. The molecule has 1 N–H and O–H groups in total. The van der Waals surface area contributed by atoms with Crippen LogP contribution in [0.2, 0.25) is 0 Å². The third-order valence-electron chi connectivity index (χ3n) is 3.63. The molecule has 1 aliphatic heterocycles. The summed E-state index contributed by atoms with van der Waals surface area (Å²) in [4.78, 5) is 27.1. The van der Waals surface area contributed by atoms with Crippen molar-refractivity contribution in [1.82, 2.24) is 20.0 Å². The van der Waals surface area contributed by atoms with E-state index in [-0.39, 0.29) is 24.4 Å². The van der Waals surface area contributed by atoms with E-state index in [2.05, 4.69) is 16.8 Å². The molecule has 1 aliphatic rings. The van der Waals surface area contributed by atoms with Crippen LogP contribution in [0.25, 0.3) is 0 Å². The molecule has 1 fully saturated rings. The molecule has 6 heteroatoms. The molecule has 2 heterocycles. The first-order chi connectivity index (χ1) is 9.63. The summed E-state index contributed by atoms with van der Waals surface area (Å²) < 4.78 is 0. The van der Waals surface area contributed by atoms with Crippen molar-refractivity contribution in [2.45, 2.75) is 25.3 Å². The van der Waals surface area contributed by atoms with Gasteiger partial charge < -0.3 is 9.80 Å². The molecule has 2 amide bonds. The van der Waals surface area contributed by atoms with Crippen LogP contribution in [0.1, 0.15) is 31.0 Å². The molecule has 20 heavy (non-hydrogen) atoms. The number of piperidine rings is 1. The molecule has 1 saturated heterocycles. The van der Waals surface area contributed by atoms with E-state index in [1.165, 1.54) is 11.0 Å². The minimum atomic E-state index is -0.242. The highest BCUT2D eigenvalue weighted by molar-refractivity contribution is 5.90. The zero-order valence-corrected chi connectivity index (χ0v) is 11.7. The molecule has 1 unspecified atom stereocenters. The fourth-order valence-electron chi connectivity index (χ4n) is 2.53. The van der Waals surface area contributed by atoms with E-state index in [0.717, 1.165) is 31.5 Å². The van der Waals surface area contributed by atoms with Gasteiger partial charge in [-0.05, 0) is 31.4 Å². The van der Waals surface area contributed by atoms with Crippen LogP contribution in [-0.4, -0.2) is 51.9 Å². The number of H-pyrrole nitrogens is 1. The smallest absolute Gasteiger partial charge is 0.246 e. The van der Waals surface area contributed by atoms with Gasteiger partial charge in [0.2, 0.25) is 11.8 Å². The Morgan fingerprint density at radius 3 is 3.05 bits per heavy atom. The summed E-state index contributed by atoms with van der Waals surface area (Å²) in [6.45, 7) is 4.23. The van der Waals surface area contributed by atoms with Crippen molar-refractivity contribution in [3.63, 3.8) is 0 Å². The number of nitrogens with zero attached hydrogens (tertiary/aromatic N) is 3. The average Bonchev–Trinajstić information content (AvgIpc) is 3.00. The predicted octanol–water partition coefficient (Wildman–Crippen LogP) is 1.11. The monoisotopic (exact) mass is 276 g/mol. The Hall–Kier alpha value is -2.11. The lowest BCUT2D eigenvalue weighted by Gasteiger charge is -2.36. The summed E-state index contributed by atoms with van der Waals surface area (Å²) in [5, 5.41) is 6.89. The van der Waals surface area contributed by atoms with Gasteiger partial charge in [0.1, 0.15) is 0 Å². The molecular weight excluding hydrogens is 256 g/mol. The van der Waals surface area contributed by atoms with Gasteiger partial charge in [0.25, 0.3) is 0 Å². The highest BCUT2D eigenvalue weighted by Gasteiger charge is 2.29. The van der Waals surface area contributed by atoms with Crippen molar-refractivity contribution in [3.8, 4) is 0 Å². The van der Waals surface area contributed by atoms with Crippen molar-refractivity contribution in [1.29, 1.82) is 0 Å².